The van der Waals surface area contributed by atoms with Crippen LogP contribution in [0.3, 0.4) is 0 Å². The van der Waals surface area contributed by atoms with Crippen molar-refractivity contribution in [2.24, 2.45) is 0 Å². The molecule has 13 heavy (non-hydrogen) atoms. The first-order chi connectivity index (χ1) is 6.20. The largest absolute Gasteiger partial charge is 0.506 e. The van der Waals surface area contributed by atoms with Gasteiger partial charge >= 0.3 is 0 Å². The van der Waals surface area contributed by atoms with Crippen molar-refractivity contribution in [1.29, 1.82) is 0 Å². The molecule has 2 N–H and O–H groups in total. The predicted molar refractivity (Wildman–Crippen MR) is 56.2 cm³/mol. The molecular weight excluding hydrogens is 253 g/mol. The summed E-state index contributed by atoms with van der Waals surface area (Å²) in [6, 6.07) is 3.79. The molecule has 1 aliphatic rings. The van der Waals surface area contributed by atoms with Crippen molar-refractivity contribution in [2.75, 3.05) is 6.54 Å². The van der Waals surface area contributed by atoms with Gasteiger partial charge in [-0.25, -0.2) is 0 Å². The number of phenols is 1. The van der Waals surface area contributed by atoms with Gasteiger partial charge in [-0.2, -0.15) is 0 Å². The average molecular weight is 263 g/mol. The molecule has 1 atom stereocenters. The van der Waals surface area contributed by atoms with Gasteiger partial charge in [-0.15, -0.1) is 0 Å². The normalized spacial score (nSPS) is 21.2. The Morgan fingerprint density at radius 3 is 2.77 bits per heavy atom. The van der Waals surface area contributed by atoms with E-state index in [1.807, 2.05) is 6.07 Å². The first-order valence-corrected chi connectivity index (χ1v) is 5.27. The van der Waals surface area contributed by atoms with Crippen LogP contribution in [0.25, 0.3) is 0 Å². The molecule has 1 saturated heterocycles. The van der Waals surface area contributed by atoms with E-state index >= 15 is 0 Å². The standard InChI is InChI=1S/C9H9BrClNO/c10-5-1-2-6(11)9(13)8(5)7-3-4-12-7/h1-2,7,12-13H,3-4H2. The molecule has 1 unspecified atom stereocenters. The lowest BCUT2D eigenvalue weighted by atomic mass is 9.97. The molecule has 0 spiro atoms. The molecule has 0 aromatic heterocycles. The Hall–Kier alpha value is -0.250. The fourth-order valence-corrected chi connectivity index (χ4v) is 2.18. The Kier molecular flexibility index (Phi) is 2.49. The Bertz CT molecular complexity index is 339. The van der Waals surface area contributed by atoms with Gasteiger partial charge in [0, 0.05) is 16.1 Å². The molecule has 0 amide bonds. The van der Waals surface area contributed by atoms with Crippen LogP contribution in [0.2, 0.25) is 5.02 Å². The van der Waals surface area contributed by atoms with Gasteiger partial charge in [0.2, 0.25) is 0 Å². The summed E-state index contributed by atoms with van der Waals surface area (Å²) < 4.78 is 0.909. The number of phenolic OH excluding ortho intramolecular Hbond substituents is 1. The number of hydrogen-bond acceptors (Lipinski definition) is 2. The van der Waals surface area contributed by atoms with Crippen molar-refractivity contribution in [3.63, 3.8) is 0 Å². The summed E-state index contributed by atoms with van der Waals surface area (Å²) in [6.07, 6.45) is 1.05. The summed E-state index contributed by atoms with van der Waals surface area (Å²) >= 11 is 9.21. The SMILES string of the molecule is Oc1c(Cl)ccc(Br)c1C1CCN1. The molecular formula is C9H9BrClNO. The Morgan fingerprint density at radius 1 is 1.54 bits per heavy atom. The van der Waals surface area contributed by atoms with Crippen molar-refractivity contribution < 1.29 is 5.11 Å². The van der Waals surface area contributed by atoms with Crippen LogP contribution in [0.4, 0.5) is 0 Å². The van der Waals surface area contributed by atoms with Crippen molar-refractivity contribution in [3.8, 4) is 5.75 Å². The number of benzene rings is 1. The topological polar surface area (TPSA) is 32.3 Å². The second-order valence-electron chi connectivity index (χ2n) is 3.09. The summed E-state index contributed by atoms with van der Waals surface area (Å²) in [5.41, 5.74) is 0.874. The minimum atomic E-state index is 0.188. The number of nitrogens with one attached hydrogen (secondary N) is 1. The zero-order valence-electron chi connectivity index (χ0n) is 6.85. The van der Waals surface area contributed by atoms with Crippen molar-refractivity contribution >= 4 is 27.5 Å². The summed E-state index contributed by atoms with van der Waals surface area (Å²) in [4.78, 5) is 0. The van der Waals surface area contributed by atoms with Gasteiger partial charge < -0.3 is 10.4 Å². The van der Waals surface area contributed by atoms with Gasteiger partial charge in [-0.3, -0.25) is 0 Å². The fourth-order valence-electron chi connectivity index (χ4n) is 1.42. The molecule has 0 bridgehead atoms. The lowest BCUT2D eigenvalue weighted by Crippen LogP contribution is -2.35. The third-order valence-corrected chi connectivity index (χ3v) is 3.28. The number of hydrogen-bond donors (Lipinski definition) is 2. The minimum Gasteiger partial charge on any atom is -0.506 e. The van der Waals surface area contributed by atoms with Crippen LogP contribution < -0.4 is 5.32 Å². The van der Waals surface area contributed by atoms with Crippen LogP contribution in [-0.4, -0.2) is 11.7 Å². The molecule has 0 aliphatic carbocycles. The molecule has 1 heterocycles. The molecule has 70 valence electrons. The molecule has 2 rings (SSSR count). The lowest BCUT2D eigenvalue weighted by Gasteiger charge is -2.29. The number of rotatable bonds is 1. The van der Waals surface area contributed by atoms with Crippen LogP contribution in [0, 0.1) is 0 Å². The summed E-state index contributed by atoms with van der Waals surface area (Å²) in [6.45, 7) is 1.00. The van der Waals surface area contributed by atoms with Crippen molar-refractivity contribution in [2.45, 2.75) is 12.5 Å². The van der Waals surface area contributed by atoms with Crippen LogP contribution in [-0.2, 0) is 0 Å². The van der Waals surface area contributed by atoms with Gasteiger partial charge in [-0.05, 0) is 25.1 Å². The maximum absolute atomic E-state index is 9.71. The predicted octanol–water partition coefficient (Wildman–Crippen LogP) is 2.84. The highest BCUT2D eigenvalue weighted by molar-refractivity contribution is 9.10. The minimum absolute atomic E-state index is 0.188. The quantitative estimate of drug-likeness (QED) is 0.816. The van der Waals surface area contributed by atoms with E-state index in [1.165, 1.54) is 0 Å². The van der Waals surface area contributed by atoms with Crippen molar-refractivity contribution in [1.82, 2.24) is 5.32 Å². The van der Waals surface area contributed by atoms with Gasteiger partial charge in [-0.1, -0.05) is 27.5 Å². The van der Waals surface area contributed by atoms with Gasteiger partial charge in [0.15, 0.2) is 0 Å². The highest BCUT2D eigenvalue weighted by Gasteiger charge is 2.24. The molecule has 1 fully saturated rings. The molecule has 4 heteroatoms. The molecule has 1 aliphatic heterocycles. The molecule has 0 radical (unpaired) electrons. The first-order valence-electron chi connectivity index (χ1n) is 4.10. The fraction of sp³-hybridized carbons (Fsp3) is 0.333. The second kappa shape index (κ2) is 3.48. The molecule has 1 aromatic carbocycles. The van der Waals surface area contributed by atoms with E-state index in [0.717, 1.165) is 23.0 Å². The maximum atomic E-state index is 9.71. The highest BCUT2D eigenvalue weighted by Crippen LogP contribution is 2.40. The third kappa shape index (κ3) is 1.56. The van der Waals surface area contributed by atoms with Crippen LogP contribution >= 0.6 is 27.5 Å². The Balaban J connectivity index is 2.46. The van der Waals surface area contributed by atoms with E-state index in [-0.39, 0.29) is 11.8 Å². The molecule has 1 aromatic rings. The maximum Gasteiger partial charge on any atom is 0.140 e. The van der Waals surface area contributed by atoms with E-state index in [2.05, 4.69) is 21.2 Å². The van der Waals surface area contributed by atoms with E-state index < -0.39 is 0 Å². The van der Waals surface area contributed by atoms with Crippen LogP contribution in [0.5, 0.6) is 5.75 Å². The van der Waals surface area contributed by atoms with Gasteiger partial charge in [0.1, 0.15) is 5.75 Å². The third-order valence-electron chi connectivity index (χ3n) is 2.29. The smallest absolute Gasteiger partial charge is 0.140 e. The van der Waals surface area contributed by atoms with Crippen LogP contribution in [0.1, 0.15) is 18.0 Å². The Labute approximate surface area is 90.0 Å². The average Bonchev–Trinajstić information content (AvgIpc) is 2.02. The lowest BCUT2D eigenvalue weighted by molar-refractivity contribution is 0.363. The molecule has 2 nitrogen and oxygen atoms in total. The zero-order valence-corrected chi connectivity index (χ0v) is 9.19. The monoisotopic (exact) mass is 261 g/mol. The van der Waals surface area contributed by atoms with Gasteiger partial charge in [0.05, 0.1) is 5.02 Å². The Morgan fingerprint density at radius 2 is 2.23 bits per heavy atom. The van der Waals surface area contributed by atoms with E-state index in [9.17, 15) is 5.11 Å². The summed E-state index contributed by atoms with van der Waals surface area (Å²) in [7, 11) is 0. The van der Waals surface area contributed by atoms with E-state index in [1.54, 1.807) is 6.07 Å². The molecule has 0 saturated carbocycles. The first kappa shape index (κ1) is 9.31. The number of halogens is 2. The zero-order chi connectivity index (χ0) is 9.42. The highest BCUT2D eigenvalue weighted by atomic mass is 79.9. The summed E-state index contributed by atoms with van der Waals surface area (Å²) in [5.74, 6) is 0.188. The van der Waals surface area contributed by atoms with Gasteiger partial charge in [0.25, 0.3) is 0 Å². The number of aromatic hydroxyl groups is 1. The second-order valence-corrected chi connectivity index (χ2v) is 4.35. The van der Waals surface area contributed by atoms with Crippen LogP contribution in [0.15, 0.2) is 16.6 Å². The summed E-state index contributed by atoms with van der Waals surface area (Å²) in [5, 5.41) is 13.3. The van der Waals surface area contributed by atoms with E-state index in [0.29, 0.717) is 5.02 Å². The van der Waals surface area contributed by atoms with E-state index in [4.69, 9.17) is 11.6 Å². The van der Waals surface area contributed by atoms with Crippen molar-refractivity contribution in [3.05, 3.63) is 27.2 Å².